The van der Waals surface area contributed by atoms with Gasteiger partial charge in [0, 0.05) is 43.4 Å². The molecule has 2 amide bonds. The number of amides is 2. The molecule has 9 nitrogen and oxygen atoms in total. The Hall–Kier alpha value is -3.09. The molecule has 2 aliphatic rings. The summed E-state index contributed by atoms with van der Waals surface area (Å²) in [5, 5.41) is 0. The highest BCUT2D eigenvalue weighted by Crippen LogP contribution is 2.47. The molecule has 0 aromatic heterocycles. The van der Waals surface area contributed by atoms with Crippen molar-refractivity contribution in [2.24, 2.45) is 0 Å². The molecule has 0 saturated carbocycles. The van der Waals surface area contributed by atoms with Crippen molar-refractivity contribution < 1.29 is 32.6 Å². The van der Waals surface area contributed by atoms with Crippen molar-refractivity contribution in [2.75, 3.05) is 39.1 Å². The van der Waals surface area contributed by atoms with Crippen molar-refractivity contribution in [3.05, 3.63) is 53.1 Å². The number of benzene rings is 2. The lowest BCUT2D eigenvalue weighted by molar-refractivity contribution is -0.143. The van der Waals surface area contributed by atoms with Crippen LogP contribution in [0.3, 0.4) is 0 Å². The van der Waals surface area contributed by atoms with Crippen molar-refractivity contribution in [1.29, 1.82) is 0 Å². The molecule has 0 radical (unpaired) electrons. The van der Waals surface area contributed by atoms with E-state index in [1.807, 2.05) is 0 Å². The predicted molar refractivity (Wildman–Crippen MR) is 117 cm³/mol. The van der Waals surface area contributed by atoms with E-state index < -0.39 is 29.4 Å². The van der Waals surface area contributed by atoms with E-state index >= 15 is 4.39 Å². The number of nitrogens with zero attached hydrogens (tertiary/aromatic N) is 2. The minimum atomic E-state index is -1.04. The van der Waals surface area contributed by atoms with Gasteiger partial charge in [0.1, 0.15) is 11.3 Å². The van der Waals surface area contributed by atoms with Gasteiger partial charge < -0.3 is 23.8 Å². The molecule has 1 spiro atoms. The zero-order valence-corrected chi connectivity index (χ0v) is 18.9. The minimum absolute atomic E-state index is 0.0591. The Bertz CT molecular complexity index is 1100. The smallest absolute Gasteiger partial charge is 0.410 e. The van der Waals surface area contributed by atoms with Crippen LogP contribution in [-0.2, 0) is 16.8 Å². The largest absolute Gasteiger partial charge is 0.416 e. The van der Waals surface area contributed by atoms with E-state index in [9.17, 15) is 14.0 Å². The van der Waals surface area contributed by atoms with Crippen molar-refractivity contribution >= 4 is 30.0 Å². The number of carbonyl (C=O) groups is 2. The van der Waals surface area contributed by atoms with Gasteiger partial charge in [0.25, 0.3) is 0 Å². The fourth-order valence-corrected chi connectivity index (χ4v) is 3.97. The molecule has 2 heterocycles. The van der Waals surface area contributed by atoms with Crippen LogP contribution < -0.4 is 18.9 Å². The predicted octanol–water partition coefficient (Wildman–Crippen LogP) is 3.46. The lowest BCUT2D eigenvalue weighted by atomic mass is 9.84. The molecule has 0 aliphatic carbocycles. The van der Waals surface area contributed by atoms with E-state index in [0.717, 1.165) is 23.1 Å². The summed E-state index contributed by atoms with van der Waals surface area (Å²) in [5.41, 5.74) is -0.184. The summed E-state index contributed by atoms with van der Waals surface area (Å²) in [6.45, 7) is 0.0489. The molecule has 0 unspecified atom stereocenters. The third-order valence-corrected chi connectivity index (χ3v) is 5.91. The molecular weight excluding hydrogens is 458 g/mol. The molecule has 176 valence electrons. The summed E-state index contributed by atoms with van der Waals surface area (Å²) in [6.07, 6.45) is -1.52. The first-order chi connectivity index (χ1) is 15.8. The van der Waals surface area contributed by atoms with Gasteiger partial charge in [-0.2, -0.15) is 0 Å². The van der Waals surface area contributed by atoms with Crippen LogP contribution in [0.15, 0.2) is 30.3 Å². The Balaban J connectivity index is 1.67. The van der Waals surface area contributed by atoms with Gasteiger partial charge in [-0.25, -0.2) is 23.1 Å². The lowest BCUT2D eigenvalue weighted by Gasteiger charge is -2.51. The highest BCUT2D eigenvalue weighted by atomic mass is 32.2. The minimum Gasteiger partial charge on any atom is -0.410 e. The van der Waals surface area contributed by atoms with Gasteiger partial charge in [0.15, 0.2) is 17.4 Å². The third kappa shape index (κ3) is 4.16. The molecular formula is C21H22F2N4O5S. The van der Waals surface area contributed by atoms with Crippen LogP contribution in [0, 0.1) is 11.6 Å². The maximum Gasteiger partial charge on any atom is 0.416 e. The molecule has 1 saturated heterocycles. The summed E-state index contributed by atoms with van der Waals surface area (Å²) in [5.74, 6) is -1.62. The number of hydrogen-bond donors (Lipinski definition) is 2. The van der Waals surface area contributed by atoms with E-state index in [4.69, 9.17) is 14.2 Å². The van der Waals surface area contributed by atoms with E-state index in [1.54, 1.807) is 25.2 Å². The number of fused-ring (bicyclic) bond motifs is 2. The molecule has 2 aromatic rings. The second kappa shape index (κ2) is 9.04. The molecule has 12 heteroatoms. The zero-order chi connectivity index (χ0) is 23.8. The van der Waals surface area contributed by atoms with Crippen molar-refractivity contribution in [1.82, 2.24) is 14.5 Å². The molecule has 4 rings (SSSR count). The summed E-state index contributed by atoms with van der Waals surface area (Å²) in [6, 6.07) is 7.12. The summed E-state index contributed by atoms with van der Waals surface area (Å²) >= 11 is 1.10. The topological polar surface area (TPSA) is 92.4 Å². The normalized spacial score (nSPS) is 16.0. The van der Waals surface area contributed by atoms with Crippen molar-refractivity contribution in [2.45, 2.75) is 12.1 Å². The highest BCUT2D eigenvalue weighted by Gasteiger charge is 2.54. The van der Waals surface area contributed by atoms with E-state index in [0.29, 0.717) is 5.56 Å². The average molecular weight is 480 g/mol. The Morgan fingerprint density at radius 2 is 2.06 bits per heavy atom. The first-order valence-corrected chi connectivity index (χ1v) is 10.7. The van der Waals surface area contributed by atoms with E-state index in [2.05, 4.69) is 9.44 Å². The highest BCUT2D eigenvalue weighted by molar-refractivity contribution is 7.98. The Labute approximate surface area is 193 Å². The standard InChI is InChI=1S/C21H22F2N4O5S/c1-24-33-25-15-6-4-5-12(18(15)23)9-27-20(29)31-16-8-17(32-19(28)26(2)3)14(22)7-13(16)21(27)10-30-11-21/h4-8,24-25H,9-11H2,1-3H3. The fraction of sp³-hybridized carbons (Fsp3) is 0.333. The molecule has 2 N–H and O–H groups in total. The van der Waals surface area contributed by atoms with Gasteiger partial charge in [-0.1, -0.05) is 12.1 Å². The van der Waals surface area contributed by atoms with Gasteiger partial charge in [-0.3, -0.25) is 4.90 Å². The van der Waals surface area contributed by atoms with Gasteiger partial charge in [0.05, 0.1) is 25.4 Å². The molecule has 2 aliphatic heterocycles. The second-order valence-electron chi connectivity index (χ2n) is 7.71. The van der Waals surface area contributed by atoms with Crippen LogP contribution in [0.2, 0.25) is 0 Å². The monoisotopic (exact) mass is 480 g/mol. The quantitative estimate of drug-likeness (QED) is 0.608. The fourth-order valence-electron chi connectivity index (χ4n) is 3.60. The molecule has 2 aromatic carbocycles. The first-order valence-electron chi connectivity index (χ1n) is 9.93. The van der Waals surface area contributed by atoms with E-state index in [1.165, 1.54) is 25.1 Å². The Morgan fingerprint density at radius 3 is 2.70 bits per heavy atom. The van der Waals surface area contributed by atoms with Crippen LogP contribution in [0.1, 0.15) is 11.1 Å². The number of halogens is 2. The number of anilines is 1. The number of ether oxygens (including phenoxy) is 3. The third-order valence-electron chi connectivity index (χ3n) is 5.38. The second-order valence-corrected chi connectivity index (χ2v) is 8.52. The maximum atomic E-state index is 15.0. The Kier molecular flexibility index (Phi) is 6.32. The molecule has 0 atom stereocenters. The van der Waals surface area contributed by atoms with Gasteiger partial charge in [-0.15, -0.1) is 0 Å². The zero-order valence-electron chi connectivity index (χ0n) is 18.1. The SMILES string of the molecule is CNSNc1cccc(CN2C(=O)Oc3cc(OC(=O)N(C)C)c(F)cc3C23COC3)c1F. The van der Waals surface area contributed by atoms with Gasteiger partial charge in [-0.05, 0) is 19.2 Å². The van der Waals surface area contributed by atoms with E-state index in [-0.39, 0.29) is 42.5 Å². The van der Waals surface area contributed by atoms with Crippen molar-refractivity contribution in [3.63, 3.8) is 0 Å². The molecule has 1 fully saturated rings. The first kappa shape index (κ1) is 23.1. The number of hydrogen-bond acceptors (Lipinski definition) is 8. The lowest BCUT2D eigenvalue weighted by Crippen LogP contribution is -2.63. The molecule has 33 heavy (non-hydrogen) atoms. The van der Waals surface area contributed by atoms with Crippen LogP contribution in [0.4, 0.5) is 24.1 Å². The van der Waals surface area contributed by atoms with Crippen LogP contribution in [-0.4, -0.2) is 56.3 Å². The number of rotatable bonds is 6. The summed E-state index contributed by atoms with van der Waals surface area (Å²) < 4.78 is 51.3. The number of nitrogens with one attached hydrogen (secondary N) is 2. The van der Waals surface area contributed by atoms with Gasteiger partial charge in [0.2, 0.25) is 0 Å². The number of carbonyl (C=O) groups excluding carboxylic acids is 2. The summed E-state index contributed by atoms with van der Waals surface area (Å²) in [4.78, 5) is 27.2. The van der Waals surface area contributed by atoms with Crippen molar-refractivity contribution in [3.8, 4) is 11.5 Å². The maximum absolute atomic E-state index is 15.0. The van der Waals surface area contributed by atoms with Crippen LogP contribution in [0.25, 0.3) is 0 Å². The van der Waals surface area contributed by atoms with Crippen LogP contribution >= 0.6 is 12.1 Å². The average Bonchev–Trinajstić information content (AvgIpc) is 2.74. The molecule has 0 bridgehead atoms. The van der Waals surface area contributed by atoms with Crippen LogP contribution in [0.5, 0.6) is 11.5 Å². The Morgan fingerprint density at radius 1 is 1.30 bits per heavy atom. The van der Waals surface area contributed by atoms with Gasteiger partial charge >= 0.3 is 12.2 Å². The summed E-state index contributed by atoms with van der Waals surface area (Å²) in [7, 11) is 4.60.